The summed E-state index contributed by atoms with van der Waals surface area (Å²) in [6, 6.07) is 62.8. The molecule has 0 amide bonds. The summed E-state index contributed by atoms with van der Waals surface area (Å²) >= 11 is 0. The Hall–Kier alpha value is -7.81. The molecule has 0 atom stereocenters. The number of hydrogen-bond donors (Lipinski definition) is 0. The molecule has 9 aromatic carbocycles. The van der Waals surface area contributed by atoms with Crippen LogP contribution in [0.5, 0.6) is 0 Å². The number of fused-ring (bicyclic) bond motifs is 8. The predicted octanol–water partition coefficient (Wildman–Crippen LogP) is 17.2. The summed E-state index contributed by atoms with van der Waals surface area (Å²) in [5.74, 6) is 0.902. The third-order valence-electron chi connectivity index (χ3n) is 12.6. The zero-order valence-corrected chi connectivity index (χ0v) is 36.0. The Bertz CT molecular complexity index is 3570. The van der Waals surface area contributed by atoms with Crippen molar-refractivity contribution in [2.24, 2.45) is 0 Å². The summed E-state index contributed by atoms with van der Waals surface area (Å²) in [6.07, 6.45) is 0. The molecule has 0 saturated carbocycles. The monoisotopic (exact) mass is 815 g/mol. The summed E-state index contributed by atoms with van der Waals surface area (Å²) in [4.78, 5) is 4.56. The van der Waals surface area contributed by atoms with Crippen molar-refractivity contribution in [3.63, 3.8) is 0 Å². The first-order valence-corrected chi connectivity index (χ1v) is 21.7. The largest absolute Gasteiger partial charge is 0.456 e. The second kappa shape index (κ2) is 15.0. The highest BCUT2D eigenvalue weighted by Gasteiger charge is 2.19. The van der Waals surface area contributed by atoms with Crippen LogP contribution in [0.4, 0.5) is 34.1 Å². The van der Waals surface area contributed by atoms with Crippen LogP contribution >= 0.6 is 0 Å². The quantitative estimate of drug-likeness (QED) is 0.153. The molecule has 304 valence electrons. The molecule has 0 N–H and O–H groups in total. The summed E-state index contributed by atoms with van der Waals surface area (Å²) in [6.45, 7) is 11.0. The lowest BCUT2D eigenvalue weighted by molar-refractivity contribution is 0.656. The van der Waals surface area contributed by atoms with Gasteiger partial charge in [0.15, 0.2) is 0 Å². The molecule has 0 aliphatic heterocycles. The summed E-state index contributed by atoms with van der Waals surface area (Å²) < 4.78 is 13.2. The van der Waals surface area contributed by atoms with Gasteiger partial charge in [0.1, 0.15) is 22.3 Å². The second-order valence-corrected chi connectivity index (χ2v) is 17.5. The molecule has 0 bridgehead atoms. The maximum atomic E-state index is 9.50. The van der Waals surface area contributed by atoms with Crippen LogP contribution in [0.15, 0.2) is 179 Å². The fourth-order valence-electron chi connectivity index (χ4n) is 9.07. The number of nitrogens with zero attached hydrogens (tertiary/aromatic N) is 3. The van der Waals surface area contributed by atoms with Crippen LogP contribution in [-0.4, -0.2) is 0 Å². The van der Waals surface area contributed by atoms with E-state index >= 15 is 0 Å². The van der Waals surface area contributed by atoms with E-state index in [-0.39, 0.29) is 0 Å². The van der Waals surface area contributed by atoms with E-state index in [1.54, 1.807) is 0 Å². The first-order chi connectivity index (χ1) is 30.7. The molecule has 0 saturated heterocycles. The highest BCUT2D eigenvalue weighted by molar-refractivity contribution is 6.18. The minimum atomic E-state index is 0.436. The van der Waals surface area contributed by atoms with E-state index in [4.69, 9.17) is 8.83 Å². The van der Waals surface area contributed by atoms with Crippen molar-refractivity contribution in [3.05, 3.63) is 192 Å². The van der Waals surface area contributed by atoms with Gasteiger partial charge in [0, 0.05) is 61.7 Å². The molecule has 0 fully saturated rings. The topological polar surface area (TPSA) is 56.6 Å². The van der Waals surface area contributed by atoms with Gasteiger partial charge in [0.25, 0.3) is 0 Å². The molecule has 0 unspecified atom stereocenters. The highest BCUT2D eigenvalue weighted by Crippen LogP contribution is 2.43. The van der Waals surface area contributed by atoms with E-state index in [2.05, 4.69) is 190 Å². The van der Waals surface area contributed by atoms with E-state index in [1.165, 1.54) is 16.7 Å². The molecule has 2 heterocycles. The second-order valence-electron chi connectivity index (χ2n) is 17.5. The van der Waals surface area contributed by atoms with Crippen molar-refractivity contribution in [1.82, 2.24) is 0 Å². The Morgan fingerprint density at radius 1 is 0.381 bits per heavy atom. The molecule has 11 rings (SSSR count). The van der Waals surface area contributed by atoms with Gasteiger partial charge in [0.2, 0.25) is 0 Å². The van der Waals surface area contributed by atoms with Crippen molar-refractivity contribution >= 4 is 99.5 Å². The number of benzene rings is 9. The van der Waals surface area contributed by atoms with Crippen molar-refractivity contribution < 1.29 is 8.83 Å². The highest BCUT2D eigenvalue weighted by atomic mass is 16.3. The van der Waals surface area contributed by atoms with Crippen molar-refractivity contribution in [3.8, 4) is 6.07 Å². The first-order valence-electron chi connectivity index (χ1n) is 21.7. The van der Waals surface area contributed by atoms with Crippen molar-refractivity contribution in [2.75, 3.05) is 9.80 Å². The summed E-state index contributed by atoms with van der Waals surface area (Å²) in [5.41, 5.74) is 14.1. The van der Waals surface area contributed by atoms with Crippen molar-refractivity contribution in [2.45, 2.75) is 46.5 Å². The number of nitriles is 1. The van der Waals surface area contributed by atoms with E-state index in [1.807, 2.05) is 30.3 Å². The first kappa shape index (κ1) is 38.1. The SMILES string of the molecule is Cc1ccc(N(c2ccc(C(C)C)cc2)c2ccc3cc4c(cc3c2)oc2cc3oc5cc6cc(N(c7ccc(C#N)cc7)c7ccc(C(C)C)cc7)ccc6cc5c3cc24)cc1. The average Bonchev–Trinajstić information content (AvgIpc) is 3.83. The standard InChI is InChI=1S/C58H45N3O2/c1-35(2)39-10-20-47(21-11-39)60(45-16-6-37(5)7-17-45)49-24-14-41-28-51-53-32-54-52-29-42-15-25-50(27-44(42)31-56(52)63-58(54)33-57(53)62-55(51)30-43(41)26-49)61(46-18-8-38(34-59)9-19-46)48-22-12-40(13-23-48)36(3)4/h6-33,35-36H,1-5H3. The van der Waals surface area contributed by atoms with Gasteiger partial charge in [-0.1, -0.05) is 81.8 Å². The third-order valence-corrected chi connectivity index (χ3v) is 12.6. The molecule has 0 radical (unpaired) electrons. The number of furan rings is 2. The molecule has 0 aliphatic rings. The van der Waals surface area contributed by atoms with Crippen LogP contribution < -0.4 is 9.80 Å². The van der Waals surface area contributed by atoms with Gasteiger partial charge < -0.3 is 18.6 Å². The number of rotatable bonds is 8. The molecular formula is C58H45N3O2. The number of anilines is 6. The van der Waals surface area contributed by atoms with Gasteiger partial charge in [-0.25, -0.2) is 0 Å². The summed E-state index contributed by atoms with van der Waals surface area (Å²) in [7, 11) is 0. The van der Waals surface area contributed by atoms with Gasteiger partial charge in [-0.3, -0.25) is 0 Å². The van der Waals surface area contributed by atoms with E-state index in [0.717, 1.165) is 99.5 Å². The normalized spacial score (nSPS) is 11.8. The molecule has 2 aromatic heterocycles. The van der Waals surface area contributed by atoms with Crippen LogP contribution in [-0.2, 0) is 0 Å². The lowest BCUT2D eigenvalue weighted by atomic mass is 10.0. The Kier molecular flexibility index (Phi) is 9.06. The fraction of sp³-hybridized carbons (Fsp3) is 0.121. The average molecular weight is 816 g/mol. The molecule has 11 aromatic rings. The summed E-state index contributed by atoms with van der Waals surface area (Å²) in [5, 5.41) is 18.2. The zero-order chi connectivity index (χ0) is 42.9. The Morgan fingerprint density at radius 2 is 0.746 bits per heavy atom. The minimum Gasteiger partial charge on any atom is -0.456 e. The van der Waals surface area contributed by atoms with E-state index < -0.39 is 0 Å². The number of hydrogen-bond acceptors (Lipinski definition) is 5. The molecule has 0 aliphatic carbocycles. The van der Waals surface area contributed by atoms with E-state index in [0.29, 0.717) is 17.4 Å². The lowest BCUT2D eigenvalue weighted by Crippen LogP contribution is -2.10. The molecule has 0 spiro atoms. The van der Waals surface area contributed by atoms with Gasteiger partial charge in [-0.15, -0.1) is 0 Å². The predicted molar refractivity (Wildman–Crippen MR) is 263 cm³/mol. The van der Waals surface area contributed by atoms with Crippen LogP contribution in [0.2, 0.25) is 0 Å². The lowest BCUT2D eigenvalue weighted by Gasteiger charge is -2.26. The van der Waals surface area contributed by atoms with E-state index in [9.17, 15) is 5.26 Å². The van der Waals surface area contributed by atoms with Gasteiger partial charge in [-0.05, 0) is 167 Å². The Labute approximate surface area is 366 Å². The molecular weight excluding hydrogens is 771 g/mol. The van der Waals surface area contributed by atoms with Crippen LogP contribution in [0.1, 0.15) is 61.8 Å². The maximum absolute atomic E-state index is 9.50. The van der Waals surface area contributed by atoms with Gasteiger partial charge >= 0.3 is 0 Å². The third kappa shape index (κ3) is 6.72. The Morgan fingerprint density at radius 3 is 1.16 bits per heavy atom. The van der Waals surface area contributed by atoms with Crippen LogP contribution in [0, 0.1) is 18.3 Å². The minimum absolute atomic E-state index is 0.436. The van der Waals surface area contributed by atoms with Gasteiger partial charge in [0.05, 0.1) is 11.6 Å². The molecule has 5 nitrogen and oxygen atoms in total. The van der Waals surface area contributed by atoms with Crippen molar-refractivity contribution in [1.29, 1.82) is 5.26 Å². The van der Waals surface area contributed by atoms with Crippen LogP contribution in [0.25, 0.3) is 65.4 Å². The zero-order valence-electron chi connectivity index (χ0n) is 36.0. The molecule has 63 heavy (non-hydrogen) atoms. The van der Waals surface area contributed by atoms with Gasteiger partial charge in [-0.2, -0.15) is 5.26 Å². The molecule has 5 heteroatoms. The smallest absolute Gasteiger partial charge is 0.139 e. The Balaban J connectivity index is 0.982. The fourth-order valence-corrected chi connectivity index (χ4v) is 9.07. The van der Waals surface area contributed by atoms with Crippen LogP contribution in [0.3, 0.4) is 0 Å². The number of aryl methyl sites for hydroxylation is 1. The maximum Gasteiger partial charge on any atom is 0.139 e.